The van der Waals surface area contributed by atoms with Crippen molar-refractivity contribution in [1.29, 1.82) is 0 Å². The zero-order valence-electron chi connectivity index (χ0n) is 46.3. The van der Waals surface area contributed by atoms with Gasteiger partial charge >= 0.3 is 0 Å². The third kappa shape index (κ3) is 15.0. The Labute approximate surface area is 475 Å². The van der Waals surface area contributed by atoms with Crippen LogP contribution in [0.1, 0.15) is 40.0 Å². The van der Waals surface area contributed by atoms with E-state index >= 15 is 0 Å². The first-order valence-electron chi connectivity index (χ1n) is 28.1. The van der Waals surface area contributed by atoms with Crippen LogP contribution in [0.2, 0.25) is 0 Å². The average molecular weight is 1130 g/mol. The maximum absolute atomic E-state index is 5.98. The summed E-state index contributed by atoms with van der Waals surface area (Å²) in [5.74, 6) is 13.2. The Morgan fingerprint density at radius 3 is 0.897 bits per heavy atom. The van der Waals surface area contributed by atoms with Crippen LogP contribution in [-0.4, -0.2) is 126 Å². The Morgan fingerprint density at radius 1 is 0.321 bits per heavy atom. The van der Waals surface area contributed by atoms with Crippen LogP contribution >= 0.6 is 0 Å². The van der Waals surface area contributed by atoms with Crippen LogP contribution < -0.4 is 18.9 Å². The summed E-state index contributed by atoms with van der Waals surface area (Å²) in [6.45, 7) is 15.8. The number of methoxy groups -OCH3 is 1. The third-order valence-corrected chi connectivity index (χ3v) is 23.3. The molecule has 0 saturated carbocycles. The van der Waals surface area contributed by atoms with Crippen molar-refractivity contribution in [2.45, 2.75) is 59.6 Å². The Morgan fingerprint density at radius 2 is 0.603 bits per heavy atom. The molecule has 4 aliphatic rings. The summed E-state index contributed by atoms with van der Waals surface area (Å²) in [4.78, 5) is 5.90. The van der Waals surface area contributed by atoms with Crippen LogP contribution in [-0.2, 0) is 62.5 Å². The molecule has 0 unspecified atom stereocenters. The quantitative estimate of drug-likeness (QED) is 0.0788. The molecule has 0 N–H and O–H groups in total. The average Bonchev–Trinajstić information content (AvgIpc) is 3.53. The van der Waals surface area contributed by atoms with Crippen LogP contribution in [0, 0.1) is 0 Å². The molecule has 0 atom stereocenters. The standard InChI is InChI=1S/C18H23O2S.C17H21O2S.C16H19O2S.C15H17O2S/c1-2-3-10-20-17-8-9-18(21-13-11-19-12-14-21)16-7-5-4-6-15(16)17;1-2-9-19-16-7-8-17(20-12-10-18-11-13-20)15-6-4-3-5-14(15)16;1-2-18-15-7-8-16(19-11-9-17-10-12-19)14-6-4-3-5-13(14)15;1-16-14-6-7-15(18-10-8-17-9-11-18)13-5-3-2-4-12(13)14/h4-9H,2-3,10-14H2,1H3;3-8H,2,9-13H2,1H3;3-8H,2,9-12H2,1H3;2-7H,8-11H2,1H3/q4*+1. The summed E-state index contributed by atoms with van der Waals surface area (Å²) in [6, 6.07) is 51.9. The Bertz CT molecular complexity index is 3110. The second-order valence-corrected chi connectivity index (χ2v) is 28.1. The zero-order valence-corrected chi connectivity index (χ0v) is 49.6. The number of hydrogen-bond donors (Lipinski definition) is 0. The van der Waals surface area contributed by atoms with E-state index in [0.717, 1.165) is 148 Å². The lowest BCUT2D eigenvalue weighted by molar-refractivity contribution is 0.159. The lowest BCUT2D eigenvalue weighted by Gasteiger charge is -2.17. The lowest BCUT2D eigenvalue weighted by atomic mass is 10.1. The maximum atomic E-state index is 5.98. The molecule has 4 aliphatic heterocycles. The number of rotatable bonds is 14. The zero-order chi connectivity index (χ0) is 53.7. The topological polar surface area (TPSA) is 73.8 Å². The maximum Gasteiger partial charge on any atom is 0.163 e. The van der Waals surface area contributed by atoms with Gasteiger partial charge in [-0.05, 0) is 92.6 Å². The van der Waals surface area contributed by atoms with Gasteiger partial charge in [0.05, 0.1) is 79.8 Å². The molecular weight excluding hydrogens is 1050 g/mol. The molecule has 8 nitrogen and oxygen atoms in total. The molecule has 0 radical (unpaired) electrons. The van der Waals surface area contributed by atoms with Gasteiger partial charge in [-0.1, -0.05) is 93.1 Å². The minimum absolute atomic E-state index is 0.321. The highest BCUT2D eigenvalue weighted by Gasteiger charge is 2.31. The van der Waals surface area contributed by atoms with Crippen LogP contribution in [0.4, 0.5) is 0 Å². The molecule has 4 saturated heterocycles. The van der Waals surface area contributed by atoms with E-state index in [0.29, 0.717) is 50.2 Å². The van der Waals surface area contributed by atoms with E-state index in [9.17, 15) is 0 Å². The van der Waals surface area contributed by atoms with Gasteiger partial charge in [0.25, 0.3) is 0 Å². The first kappa shape index (κ1) is 57.9. The van der Waals surface area contributed by atoms with Crippen molar-refractivity contribution in [3.63, 3.8) is 0 Å². The molecule has 0 aromatic heterocycles. The van der Waals surface area contributed by atoms with Crippen molar-refractivity contribution in [1.82, 2.24) is 0 Å². The van der Waals surface area contributed by atoms with E-state index < -0.39 is 0 Å². The van der Waals surface area contributed by atoms with Gasteiger partial charge < -0.3 is 37.9 Å². The van der Waals surface area contributed by atoms with Crippen molar-refractivity contribution in [2.75, 3.05) is 126 Å². The highest BCUT2D eigenvalue weighted by atomic mass is 32.2. The number of ether oxygens (including phenoxy) is 8. The first-order valence-corrected chi connectivity index (χ1v) is 34.4. The van der Waals surface area contributed by atoms with Gasteiger partial charge in [0, 0.05) is 86.7 Å². The molecule has 412 valence electrons. The van der Waals surface area contributed by atoms with Gasteiger partial charge in [-0.2, -0.15) is 0 Å². The molecule has 12 rings (SSSR count). The van der Waals surface area contributed by atoms with Crippen molar-refractivity contribution < 1.29 is 37.9 Å². The number of hydrogen-bond acceptors (Lipinski definition) is 8. The number of fused-ring (bicyclic) bond motifs is 4. The van der Waals surface area contributed by atoms with Gasteiger partial charge in [0.1, 0.15) is 69.0 Å². The largest absolute Gasteiger partial charge is 0.496 e. The summed E-state index contributed by atoms with van der Waals surface area (Å²) < 4.78 is 45.0. The van der Waals surface area contributed by atoms with Gasteiger partial charge in [-0.25, -0.2) is 0 Å². The third-order valence-electron chi connectivity index (χ3n) is 14.1. The fourth-order valence-corrected chi connectivity index (χ4v) is 18.3. The molecule has 0 amide bonds. The van der Waals surface area contributed by atoms with Crippen LogP contribution in [0.25, 0.3) is 43.1 Å². The Balaban J connectivity index is 0.000000127. The molecule has 8 aromatic rings. The fraction of sp³-hybridized carbons (Fsp3) is 0.394. The van der Waals surface area contributed by atoms with Crippen LogP contribution in [0.5, 0.6) is 23.0 Å². The van der Waals surface area contributed by atoms with Crippen molar-refractivity contribution in [3.05, 3.63) is 146 Å². The normalized spacial score (nSPS) is 16.6. The second kappa shape index (κ2) is 30.7. The van der Waals surface area contributed by atoms with Gasteiger partial charge in [0.15, 0.2) is 19.6 Å². The fourth-order valence-electron chi connectivity index (χ4n) is 10.2. The molecule has 4 fully saturated rings. The summed E-state index contributed by atoms with van der Waals surface area (Å²) in [7, 11) is 3.03. The van der Waals surface area contributed by atoms with E-state index in [4.69, 9.17) is 37.9 Å². The van der Waals surface area contributed by atoms with E-state index in [1.807, 2.05) is 6.92 Å². The van der Waals surface area contributed by atoms with Gasteiger partial charge in [0.2, 0.25) is 0 Å². The van der Waals surface area contributed by atoms with E-state index in [-0.39, 0.29) is 0 Å². The molecule has 8 aromatic carbocycles. The highest BCUT2D eigenvalue weighted by molar-refractivity contribution is 7.98. The molecule has 12 heteroatoms. The lowest BCUT2D eigenvalue weighted by Crippen LogP contribution is -2.26. The van der Waals surface area contributed by atoms with Gasteiger partial charge in [-0.3, -0.25) is 0 Å². The predicted molar refractivity (Wildman–Crippen MR) is 334 cm³/mol. The van der Waals surface area contributed by atoms with Crippen molar-refractivity contribution in [2.24, 2.45) is 0 Å². The molecule has 0 spiro atoms. The summed E-state index contributed by atoms with van der Waals surface area (Å²) >= 11 is 0. The second-order valence-electron chi connectivity index (χ2n) is 19.2. The Hall–Kier alpha value is -4.76. The van der Waals surface area contributed by atoms with E-state index in [2.05, 4.69) is 159 Å². The molecule has 0 bridgehead atoms. The Kier molecular flexibility index (Phi) is 22.8. The smallest absolute Gasteiger partial charge is 0.163 e. The monoisotopic (exact) mass is 1130 g/mol. The summed E-state index contributed by atoms with van der Waals surface area (Å²) in [5.41, 5.74) is 0. The molecule has 4 heterocycles. The molecule has 0 aliphatic carbocycles. The van der Waals surface area contributed by atoms with E-state index in [1.165, 1.54) is 69.1 Å². The van der Waals surface area contributed by atoms with Crippen LogP contribution in [0.3, 0.4) is 0 Å². The summed E-state index contributed by atoms with van der Waals surface area (Å²) in [6.07, 6.45) is 3.31. The minimum atomic E-state index is 0.321. The number of unbranched alkanes of at least 4 members (excludes halogenated alkanes) is 1. The number of benzene rings is 8. The molecule has 78 heavy (non-hydrogen) atoms. The van der Waals surface area contributed by atoms with E-state index in [1.54, 1.807) is 7.11 Å². The van der Waals surface area contributed by atoms with Crippen LogP contribution in [0.15, 0.2) is 165 Å². The minimum Gasteiger partial charge on any atom is -0.496 e. The highest BCUT2D eigenvalue weighted by Crippen LogP contribution is 2.37. The molecular formula is C66H80O8S4+4. The first-order chi connectivity index (χ1) is 38.6. The predicted octanol–water partition coefficient (Wildman–Crippen LogP) is 13.8. The van der Waals surface area contributed by atoms with Crippen molar-refractivity contribution in [3.8, 4) is 23.0 Å². The SMILES string of the molecule is CCCCOc1ccc([S+]2CCOCC2)c2ccccc12.CCCOc1ccc([S+]2CCOCC2)c2ccccc12.CCOc1ccc([S+]2CCOCC2)c2ccccc12.COc1ccc([S+]2CCOCC2)c2ccccc12. The van der Waals surface area contributed by atoms with Gasteiger partial charge in [-0.15, -0.1) is 0 Å². The summed E-state index contributed by atoms with van der Waals surface area (Å²) in [5, 5.41) is 10.4. The van der Waals surface area contributed by atoms with Crippen molar-refractivity contribution >= 4 is 86.7 Å².